The Kier molecular flexibility index (Phi) is 9.80. The van der Waals surface area contributed by atoms with Crippen molar-refractivity contribution in [2.75, 3.05) is 31.1 Å². The molecule has 2 heterocycles. The van der Waals surface area contributed by atoms with Crippen LogP contribution in [-0.2, 0) is 9.84 Å². The molecule has 2 N–H and O–H groups in total. The van der Waals surface area contributed by atoms with Gasteiger partial charge in [-0.1, -0.05) is 19.3 Å². The number of aliphatic imine (C=N–C) groups is 1. The number of sulfone groups is 1. The van der Waals surface area contributed by atoms with Crippen molar-refractivity contribution in [1.82, 2.24) is 15.5 Å². The smallest absolute Gasteiger partial charge is 0.191 e. The van der Waals surface area contributed by atoms with Crippen LogP contribution >= 0.6 is 24.0 Å². The highest BCUT2D eigenvalue weighted by Gasteiger charge is 2.28. The van der Waals surface area contributed by atoms with E-state index in [1.165, 1.54) is 32.1 Å². The molecule has 0 spiro atoms. The third kappa shape index (κ3) is 7.63. The van der Waals surface area contributed by atoms with Crippen molar-refractivity contribution < 1.29 is 8.42 Å². The van der Waals surface area contributed by atoms with Gasteiger partial charge < -0.3 is 15.5 Å². The first kappa shape index (κ1) is 24.2. The van der Waals surface area contributed by atoms with E-state index in [0.29, 0.717) is 36.2 Å². The third-order valence-corrected chi connectivity index (χ3v) is 8.22. The van der Waals surface area contributed by atoms with Gasteiger partial charge in [-0.3, -0.25) is 4.99 Å². The predicted molar refractivity (Wildman–Crippen MR) is 127 cm³/mol. The third-order valence-electron chi connectivity index (χ3n) is 6.38. The summed E-state index contributed by atoms with van der Waals surface area (Å²) in [5.74, 6) is 1.73. The van der Waals surface area contributed by atoms with Crippen LogP contribution in [0.15, 0.2) is 4.99 Å². The number of nitrogens with one attached hydrogen (secondary N) is 2. The molecule has 2 saturated heterocycles. The summed E-state index contributed by atoms with van der Waals surface area (Å²) < 4.78 is 23.4. The van der Waals surface area contributed by atoms with Crippen LogP contribution in [0, 0.1) is 5.92 Å². The minimum Gasteiger partial charge on any atom is -0.354 e. The number of guanidine groups is 1. The molecule has 3 rings (SSSR count). The molecule has 3 fully saturated rings. The van der Waals surface area contributed by atoms with Crippen LogP contribution in [0.3, 0.4) is 0 Å². The minimum absolute atomic E-state index is 0. The van der Waals surface area contributed by atoms with Gasteiger partial charge in [-0.2, -0.15) is 0 Å². The Hall–Kier alpha value is -0.0900. The Labute approximate surface area is 188 Å². The van der Waals surface area contributed by atoms with Crippen LogP contribution in [0.1, 0.15) is 65.2 Å². The largest absolute Gasteiger partial charge is 0.354 e. The Morgan fingerprint density at radius 1 is 1.00 bits per heavy atom. The summed E-state index contributed by atoms with van der Waals surface area (Å²) >= 11 is 0. The topological polar surface area (TPSA) is 73.8 Å². The van der Waals surface area contributed by atoms with Gasteiger partial charge in [0.25, 0.3) is 0 Å². The molecule has 8 heteroatoms. The van der Waals surface area contributed by atoms with Crippen molar-refractivity contribution in [3.05, 3.63) is 0 Å². The molecule has 28 heavy (non-hydrogen) atoms. The zero-order valence-corrected chi connectivity index (χ0v) is 20.7. The van der Waals surface area contributed by atoms with Gasteiger partial charge in [0.2, 0.25) is 0 Å². The summed E-state index contributed by atoms with van der Waals surface area (Å²) in [4.78, 5) is 7.36. The van der Waals surface area contributed by atoms with Crippen molar-refractivity contribution in [1.29, 1.82) is 0 Å². The van der Waals surface area contributed by atoms with Crippen molar-refractivity contribution in [2.24, 2.45) is 10.9 Å². The molecule has 1 saturated carbocycles. The second-order valence-corrected chi connectivity index (χ2v) is 11.2. The maximum atomic E-state index is 11.7. The summed E-state index contributed by atoms with van der Waals surface area (Å²) in [7, 11) is -2.83. The molecule has 0 aromatic carbocycles. The summed E-state index contributed by atoms with van der Waals surface area (Å²) in [6, 6.07) is 1.58. The molecule has 0 aromatic heterocycles. The maximum absolute atomic E-state index is 11.7. The van der Waals surface area contributed by atoms with Gasteiger partial charge in [0.05, 0.1) is 11.5 Å². The van der Waals surface area contributed by atoms with E-state index in [1.54, 1.807) is 0 Å². The molecule has 6 nitrogen and oxygen atoms in total. The average molecular weight is 527 g/mol. The van der Waals surface area contributed by atoms with Crippen molar-refractivity contribution in [2.45, 2.75) is 83.3 Å². The molecule has 1 unspecified atom stereocenters. The number of likely N-dealkylation sites (tertiary alicyclic amines) is 1. The van der Waals surface area contributed by atoms with Crippen LogP contribution in [0.4, 0.5) is 0 Å². The second kappa shape index (κ2) is 11.3. The fraction of sp³-hybridized carbons (Fsp3) is 0.950. The van der Waals surface area contributed by atoms with Gasteiger partial charge in [-0.25, -0.2) is 8.42 Å². The lowest BCUT2D eigenvalue weighted by molar-refractivity contribution is 0.167. The lowest BCUT2D eigenvalue weighted by atomic mass is 9.95. The fourth-order valence-electron chi connectivity index (χ4n) is 4.56. The molecule has 1 atom stereocenters. The predicted octanol–water partition coefficient (Wildman–Crippen LogP) is 2.78. The number of nitrogens with zero attached hydrogens (tertiary/aromatic N) is 2. The number of halogens is 1. The highest BCUT2D eigenvalue weighted by molar-refractivity contribution is 14.0. The summed E-state index contributed by atoms with van der Waals surface area (Å²) in [5, 5.41) is 7.33. The standard InChI is InChI=1S/C20H38N4O2S.HI/c1-16(2)24-11-8-19(9-12-24)23-20(22-18-6-4-3-5-7-18)21-14-17-10-13-27(25,26)15-17;/h16-19H,3-15H2,1-2H3,(H2,21,22,23);1H. The van der Waals surface area contributed by atoms with Gasteiger partial charge in [0.15, 0.2) is 15.8 Å². The zero-order valence-electron chi connectivity index (χ0n) is 17.5. The fourth-order valence-corrected chi connectivity index (χ4v) is 6.41. The van der Waals surface area contributed by atoms with E-state index in [-0.39, 0.29) is 29.9 Å². The van der Waals surface area contributed by atoms with Crippen molar-refractivity contribution in [3.8, 4) is 0 Å². The monoisotopic (exact) mass is 526 g/mol. The molecule has 0 bridgehead atoms. The van der Waals surface area contributed by atoms with Crippen LogP contribution in [-0.4, -0.2) is 68.5 Å². The first-order valence-corrected chi connectivity index (χ1v) is 12.8. The Bertz CT molecular complexity index is 597. The molecule has 3 aliphatic rings. The normalized spacial score (nSPS) is 27.5. The van der Waals surface area contributed by atoms with Crippen LogP contribution < -0.4 is 10.6 Å². The first-order valence-electron chi connectivity index (χ1n) is 10.9. The van der Waals surface area contributed by atoms with Gasteiger partial charge in [-0.05, 0) is 51.9 Å². The van der Waals surface area contributed by atoms with E-state index in [1.807, 2.05) is 0 Å². The van der Waals surface area contributed by atoms with Crippen molar-refractivity contribution in [3.63, 3.8) is 0 Å². The maximum Gasteiger partial charge on any atom is 0.191 e. The lowest BCUT2D eigenvalue weighted by Gasteiger charge is -2.36. The van der Waals surface area contributed by atoms with Gasteiger partial charge in [-0.15, -0.1) is 24.0 Å². The molecule has 1 aliphatic carbocycles. The molecule has 2 aliphatic heterocycles. The molecule has 0 radical (unpaired) electrons. The summed E-state index contributed by atoms with van der Waals surface area (Å²) in [6.45, 7) is 7.41. The molecular weight excluding hydrogens is 487 g/mol. The van der Waals surface area contributed by atoms with E-state index < -0.39 is 9.84 Å². The zero-order chi connectivity index (χ0) is 19.3. The van der Waals surface area contributed by atoms with E-state index in [2.05, 4.69) is 29.4 Å². The van der Waals surface area contributed by atoms with E-state index >= 15 is 0 Å². The Morgan fingerprint density at radius 2 is 1.61 bits per heavy atom. The van der Waals surface area contributed by atoms with Gasteiger partial charge >= 0.3 is 0 Å². The summed E-state index contributed by atoms with van der Waals surface area (Å²) in [5.41, 5.74) is 0. The molecule has 0 amide bonds. The van der Waals surface area contributed by atoms with Crippen LogP contribution in [0.5, 0.6) is 0 Å². The van der Waals surface area contributed by atoms with Gasteiger partial charge in [0.1, 0.15) is 0 Å². The minimum atomic E-state index is -2.83. The SMILES string of the molecule is CC(C)N1CCC(NC(=NCC2CCS(=O)(=O)C2)NC2CCCCC2)CC1.I. The number of rotatable bonds is 5. The van der Waals surface area contributed by atoms with Gasteiger partial charge in [0, 0.05) is 37.8 Å². The van der Waals surface area contributed by atoms with Crippen molar-refractivity contribution >= 4 is 39.8 Å². The number of hydrogen-bond acceptors (Lipinski definition) is 4. The van der Waals surface area contributed by atoms with Crippen LogP contribution in [0.25, 0.3) is 0 Å². The highest BCUT2D eigenvalue weighted by atomic mass is 127. The molecule has 0 aromatic rings. The lowest BCUT2D eigenvalue weighted by Crippen LogP contribution is -2.52. The number of piperidine rings is 1. The first-order chi connectivity index (χ1) is 12.9. The average Bonchev–Trinajstić information content (AvgIpc) is 3.00. The molecular formula is C20H39IN4O2S. The second-order valence-electron chi connectivity index (χ2n) is 8.99. The quantitative estimate of drug-likeness (QED) is 0.328. The van der Waals surface area contributed by atoms with Crippen LogP contribution in [0.2, 0.25) is 0 Å². The Balaban J connectivity index is 0.00000280. The van der Waals surface area contributed by atoms with E-state index in [9.17, 15) is 8.42 Å². The Morgan fingerprint density at radius 3 is 2.14 bits per heavy atom. The van der Waals surface area contributed by atoms with E-state index in [0.717, 1.165) is 38.3 Å². The highest BCUT2D eigenvalue weighted by Crippen LogP contribution is 2.20. The molecule has 164 valence electrons. The van der Waals surface area contributed by atoms with E-state index in [4.69, 9.17) is 4.99 Å². The summed E-state index contributed by atoms with van der Waals surface area (Å²) in [6.07, 6.45) is 9.38. The number of hydrogen-bond donors (Lipinski definition) is 2.